The number of nitrogen functional groups attached to an aromatic ring is 1. The van der Waals surface area contributed by atoms with Crippen LogP contribution in [0.2, 0.25) is 0 Å². The smallest absolute Gasteiger partial charge is 0.293 e. The molecule has 182 valence electrons. The van der Waals surface area contributed by atoms with Gasteiger partial charge in [-0.2, -0.15) is 9.78 Å². The number of hydrogen-bond acceptors (Lipinski definition) is 12. The van der Waals surface area contributed by atoms with E-state index >= 15 is 0 Å². The average Bonchev–Trinajstić information content (AvgIpc) is 3.48. The molecule has 0 aliphatic heterocycles. The van der Waals surface area contributed by atoms with Gasteiger partial charge in [-0.1, -0.05) is 29.5 Å². The Hall–Kier alpha value is -5.67. The van der Waals surface area contributed by atoms with Gasteiger partial charge in [0.25, 0.3) is 17.5 Å². The molecule has 2 heterocycles. The number of para-hydroxylation sites is 2. The molecule has 0 fully saturated rings. The average molecular weight is 491 g/mol. The lowest BCUT2D eigenvalue weighted by Gasteiger charge is -2.11. The van der Waals surface area contributed by atoms with E-state index in [0.717, 1.165) is 10.9 Å². The normalized spacial score (nSPS) is 10.9. The summed E-state index contributed by atoms with van der Waals surface area (Å²) in [6, 6.07) is 12.4. The highest BCUT2D eigenvalue weighted by Gasteiger charge is 2.24. The molecule has 0 aliphatic carbocycles. The van der Waals surface area contributed by atoms with Crippen LogP contribution in [0.5, 0.6) is 0 Å². The summed E-state index contributed by atoms with van der Waals surface area (Å²) in [5, 5.41) is 32.9. The molecule has 0 radical (unpaired) electrons. The fraction of sp³-hybridized carbons (Fsp3) is 0.0500. The van der Waals surface area contributed by atoms with Crippen LogP contribution >= 0.6 is 0 Å². The molecule has 0 spiro atoms. The summed E-state index contributed by atoms with van der Waals surface area (Å²) in [5.41, 5.74) is 14.0. The molecule has 0 saturated heterocycles. The number of nitrogens with zero attached hydrogens (tertiary/aromatic N) is 7. The van der Waals surface area contributed by atoms with E-state index < -0.39 is 16.7 Å². The second-order valence-corrected chi connectivity index (χ2v) is 7.05. The summed E-state index contributed by atoms with van der Waals surface area (Å²) in [6.07, 6.45) is 1.13. The standard InChI is InChI=1S/C20H17N11O5/c21-17-19(28-36-27-17)30-15(10-23-13-7-3-2-6-12(13)18(22)32)16(25-29-30)20(33)26-24-9-11-5-1-4-8-14(11)31(34)35/h1-9,23H,10H2,(H2,21,27)(H2,22,32)(H,26,33). The Morgan fingerprint density at radius 2 is 1.92 bits per heavy atom. The Kier molecular flexibility index (Phi) is 6.57. The van der Waals surface area contributed by atoms with Crippen molar-refractivity contribution in [1.82, 2.24) is 30.7 Å². The van der Waals surface area contributed by atoms with Gasteiger partial charge in [0.2, 0.25) is 11.6 Å². The van der Waals surface area contributed by atoms with Gasteiger partial charge < -0.3 is 16.8 Å². The lowest BCUT2D eigenvalue weighted by Crippen LogP contribution is -2.22. The second kappa shape index (κ2) is 10.1. The van der Waals surface area contributed by atoms with E-state index in [1.165, 1.54) is 24.3 Å². The quantitative estimate of drug-likeness (QED) is 0.144. The summed E-state index contributed by atoms with van der Waals surface area (Å²) in [7, 11) is 0. The van der Waals surface area contributed by atoms with Crippen LogP contribution in [-0.4, -0.2) is 48.3 Å². The first-order valence-electron chi connectivity index (χ1n) is 10.1. The van der Waals surface area contributed by atoms with Crippen LogP contribution in [0.1, 0.15) is 32.1 Å². The van der Waals surface area contributed by atoms with Crippen molar-refractivity contribution >= 4 is 35.2 Å². The van der Waals surface area contributed by atoms with Crippen molar-refractivity contribution in [1.29, 1.82) is 0 Å². The minimum atomic E-state index is -0.786. The molecule has 2 aromatic heterocycles. The molecule has 0 aliphatic rings. The van der Waals surface area contributed by atoms with Gasteiger partial charge in [0.15, 0.2) is 5.69 Å². The van der Waals surface area contributed by atoms with Gasteiger partial charge in [0, 0.05) is 11.8 Å². The largest absolute Gasteiger partial charge is 0.379 e. The second-order valence-electron chi connectivity index (χ2n) is 7.05. The van der Waals surface area contributed by atoms with Crippen LogP contribution in [0.4, 0.5) is 17.2 Å². The highest BCUT2D eigenvalue weighted by atomic mass is 16.6. The van der Waals surface area contributed by atoms with Gasteiger partial charge in [-0.05, 0) is 28.5 Å². The number of carbonyl (C=O) groups is 2. The van der Waals surface area contributed by atoms with E-state index in [1.54, 1.807) is 24.3 Å². The van der Waals surface area contributed by atoms with Crippen LogP contribution < -0.4 is 22.2 Å². The molecule has 4 rings (SSSR count). The number of carbonyl (C=O) groups excluding carboxylic acids is 2. The topological polar surface area (TPSA) is 235 Å². The molecule has 36 heavy (non-hydrogen) atoms. The van der Waals surface area contributed by atoms with Crippen LogP contribution in [0.3, 0.4) is 0 Å². The van der Waals surface area contributed by atoms with Crippen molar-refractivity contribution in [2.75, 3.05) is 11.1 Å². The number of anilines is 2. The number of hydrogen-bond donors (Lipinski definition) is 4. The Balaban J connectivity index is 1.62. The number of hydrazone groups is 1. The first-order chi connectivity index (χ1) is 17.4. The molecule has 0 bridgehead atoms. The first kappa shape index (κ1) is 23.5. The number of nitrogens with two attached hydrogens (primary N) is 2. The lowest BCUT2D eigenvalue weighted by atomic mass is 10.1. The van der Waals surface area contributed by atoms with Gasteiger partial charge in [-0.25, -0.2) is 10.1 Å². The third kappa shape index (κ3) is 4.81. The van der Waals surface area contributed by atoms with Crippen molar-refractivity contribution < 1.29 is 19.1 Å². The van der Waals surface area contributed by atoms with Crippen molar-refractivity contribution in [2.45, 2.75) is 6.54 Å². The highest BCUT2D eigenvalue weighted by Crippen LogP contribution is 2.20. The number of nitrogens with one attached hydrogen (secondary N) is 2. The molecule has 0 atom stereocenters. The molecule has 4 aromatic rings. The number of rotatable bonds is 9. The maximum absolute atomic E-state index is 12.9. The molecule has 2 aromatic carbocycles. The van der Waals surface area contributed by atoms with Gasteiger partial charge in [0.1, 0.15) is 0 Å². The first-order valence-corrected chi connectivity index (χ1v) is 10.1. The van der Waals surface area contributed by atoms with Crippen molar-refractivity contribution in [2.24, 2.45) is 10.8 Å². The number of primary amides is 1. The molecular weight excluding hydrogens is 474 g/mol. The molecule has 0 saturated carbocycles. The monoisotopic (exact) mass is 491 g/mol. The predicted octanol–water partition coefficient (Wildman–Crippen LogP) is 0.616. The van der Waals surface area contributed by atoms with E-state index in [0.29, 0.717) is 5.69 Å². The number of benzene rings is 2. The Morgan fingerprint density at radius 1 is 1.17 bits per heavy atom. The van der Waals surface area contributed by atoms with Crippen LogP contribution in [0, 0.1) is 10.1 Å². The Morgan fingerprint density at radius 3 is 2.64 bits per heavy atom. The third-order valence-corrected chi connectivity index (χ3v) is 4.82. The SMILES string of the molecule is NC(=O)c1ccccc1NCc1c(C(=O)NN=Cc2ccccc2[N+](=O)[O-])nnn1-c1nonc1N. The maximum Gasteiger partial charge on any atom is 0.293 e. The summed E-state index contributed by atoms with van der Waals surface area (Å²) in [6.45, 7) is -0.0831. The van der Waals surface area contributed by atoms with E-state index in [1.807, 2.05) is 0 Å². The molecule has 0 unspecified atom stereocenters. The lowest BCUT2D eigenvalue weighted by molar-refractivity contribution is -0.385. The number of aromatic nitrogens is 5. The highest BCUT2D eigenvalue weighted by molar-refractivity contribution is 5.98. The molecular formula is C20H17N11O5. The summed E-state index contributed by atoms with van der Waals surface area (Å²) in [5.74, 6) is -1.58. The van der Waals surface area contributed by atoms with Gasteiger partial charge in [-0.15, -0.1) is 5.10 Å². The van der Waals surface area contributed by atoms with Crippen molar-refractivity contribution in [3.8, 4) is 5.82 Å². The van der Waals surface area contributed by atoms with Gasteiger partial charge in [-0.3, -0.25) is 19.7 Å². The molecule has 16 heteroatoms. The van der Waals surface area contributed by atoms with E-state index in [-0.39, 0.29) is 46.4 Å². The predicted molar refractivity (Wildman–Crippen MR) is 124 cm³/mol. The van der Waals surface area contributed by atoms with E-state index in [2.05, 4.69) is 41.1 Å². The van der Waals surface area contributed by atoms with E-state index in [4.69, 9.17) is 11.5 Å². The number of nitro benzene ring substituents is 1. The molecule has 2 amide bonds. The van der Waals surface area contributed by atoms with Crippen molar-refractivity contribution in [3.63, 3.8) is 0 Å². The third-order valence-electron chi connectivity index (χ3n) is 4.82. The zero-order valence-electron chi connectivity index (χ0n) is 18.2. The Labute approximate surface area is 201 Å². The van der Waals surface area contributed by atoms with Crippen LogP contribution in [0.25, 0.3) is 5.82 Å². The fourth-order valence-electron chi connectivity index (χ4n) is 3.15. The summed E-state index contributed by atoms with van der Waals surface area (Å²) in [4.78, 5) is 35.2. The molecule has 16 nitrogen and oxygen atoms in total. The molecule has 6 N–H and O–H groups in total. The van der Waals surface area contributed by atoms with Crippen LogP contribution in [-0.2, 0) is 6.54 Å². The maximum atomic E-state index is 12.9. The minimum absolute atomic E-state index is 0.0232. The Bertz CT molecular complexity index is 1480. The minimum Gasteiger partial charge on any atom is -0.379 e. The zero-order chi connectivity index (χ0) is 25.7. The van der Waals surface area contributed by atoms with E-state index in [9.17, 15) is 19.7 Å². The van der Waals surface area contributed by atoms with Gasteiger partial charge >= 0.3 is 0 Å². The fourth-order valence-corrected chi connectivity index (χ4v) is 3.15. The van der Waals surface area contributed by atoms with Crippen LogP contribution in [0.15, 0.2) is 58.3 Å². The number of nitro groups is 1. The summed E-state index contributed by atoms with van der Waals surface area (Å²) >= 11 is 0. The number of amides is 2. The van der Waals surface area contributed by atoms with Crippen molar-refractivity contribution in [3.05, 3.63) is 81.2 Å². The van der Waals surface area contributed by atoms with Gasteiger partial charge in [0.05, 0.1) is 34.5 Å². The zero-order valence-corrected chi connectivity index (χ0v) is 18.2. The summed E-state index contributed by atoms with van der Waals surface area (Å²) < 4.78 is 5.74.